The van der Waals surface area contributed by atoms with Gasteiger partial charge in [0.05, 0.1) is 0 Å². The van der Waals surface area contributed by atoms with Crippen LogP contribution >= 0.6 is 15.9 Å². The van der Waals surface area contributed by atoms with Crippen LogP contribution in [0.25, 0.3) is 11.4 Å². The Balaban J connectivity index is 1.56. The van der Waals surface area contributed by atoms with Gasteiger partial charge in [-0.25, -0.2) is 9.97 Å². The molecule has 0 amide bonds. The van der Waals surface area contributed by atoms with Crippen molar-refractivity contribution in [2.24, 2.45) is 5.92 Å². The molecule has 0 radical (unpaired) electrons. The Bertz CT molecular complexity index is 733. The summed E-state index contributed by atoms with van der Waals surface area (Å²) in [6.45, 7) is 4.54. The molecule has 29 heavy (non-hydrogen) atoms. The molecule has 0 saturated heterocycles. The highest BCUT2D eigenvalue weighted by Crippen LogP contribution is 2.37. The number of aryl methyl sites for hydroxylation is 1. The van der Waals surface area contributed by atoms with E-state index in [1.807, 2.05) is 0 Å². The predicted octanol–water partition coefficient (Wildman–Crippen LogP) is 8.49. The molecule has 2 nitrogen and oxygen atoms in total. The minimum Gasteiger partial charge on any atom is -0.236 e. The molecule has 1 aliphatic rings. The number of hydrogen-bond donors (Lipinski definition) is 0. The number of halogens is 1. The van der Waals surface area contributed by atoms with Gasteiger partial charge in [0, 0.05) is 22.4 Å². The summed E-state index contributed by atoms with van der Waals surface area (Å²) >= 11 is 3.75. The summed E-state index contributed by atoms with van der Waals surface area (Å²) in [6, 6.07) is 6.58. The Kier molecular flexibility index (Phi) is 9.17. The van der Waals surface area contributed by atoms with Crippen molar-refractivity contribution in [2.45, 2.75) is 96.8 Å². The molecule has 1 fully saturated rings. The van der Waals surface area contributed by atoms with Crippen molar-refractivity contribution < 1.29 is 0 Å². The van der Waals surface area contributed by atoms with E-state index in [-0.39, 0.29) is 0 Å². The molecule has 0 atom stereocenters. The van der Waals surface area contributed by atoms with Gasteiger partial charge in [-0.15, -0.1) is 0 Å². The Morgan fingerprint density at radius 1 is 0.897 bits per heavy atom. The van der Waals surface area contributed by atoms with Gasteiger partial charge in [0.25, 0.3) is 0 Å². The average Bonchev–Trinajstić information content (AvgIpc) is 2.76. The highest BCUT2D eigenvalue weighted by molar-refractivity contribution is 9.10. The molecule has 1 saturated carbocycles. The summed E-state index contributed by atoms with van der Waals surface area (Å²) in [7, 11) is 0. The van der Waals surface area contributed by atoms with E-state index in [1.54, 1.807) is 0 Å². The van der Waals surface area contributed by atoms with Gasteiger partial charge in [-0.05, 0) is 67.6 Å². The van der Waals surface area contributed by atoms with Gasteiger partial charge in [-0.1, -0.05) is 80.4 Å². The van der Waals surface area contributed by atoms with Crippen LogP contribution in [0.5, 0.6) is 0 Å². The fourth-order valence-electron chi connectivity index (χ4n) is 4.62. The Hall–Kier alpha value is -1.22. The molecule has 1 heterocycles. The standard InChI is InChI=1S/C26H37BrN2/c1-3-5-7-9-20-11-13-21(14-12-20)24-18-28-26(29-19-24)23-16-15-22(25(27)17-23)10-8-6-4-2/h15-21H,3-14H2,1-2H3. The molecular formula is C26H37BrN2. The van der Waals surface area contributed by atoms with Crippen molar-refractivity contribution >= 4 is 15.9 Å². The van der Waals surface area contributed by atoms with Crippen LogP contribution in [0.1, 0.15) is 102 Å². The lowest BCUT2D eigenvalue weighted by Crippen LogP contribution is -2.14. The molecule has 158 valence electrons. The fourth-order valence-corrected chi connectivity index (χ4v) is 5.20. The molecule has 0 unspecified atom stereocenters. The van der Waals surface area contributed by atoms with Gasteiger partial charge in [0.2, 0.25) is 0 Å². The molecule has 0 aliphatic heterocycles. The topological polar surface area (TPSA) is 25.8 Å². The van der Waals surface area contributed by atoms with Gasteiger partial charge in [-0.2, -0.15) is 0 Å². The summed E-state index contributed by atoms with van der Waals surface area (Å²) in [6.07, 6.45) is 20.0. The second kappa shape index (κ2) is 11.8. The first-order chi connectivity index (χ1) is 14.2. The zero-order chi connectivity index (χ0) is 20.5. The predicted molar refractivity (Wildman–Crippen MR) is 127 cm³/mol. The first-order valence-electron chi connectivity index (χ1n) is 11.8. The number of unbranched alkanes of at least 4 members (excludes halogenated alkanes) is 4. The van der Waals surface area contributed by atoms with Gasteiger partial charge in [0.1, 0.15) is 0 Å². The van der Waals surface area contributed by atoms with Crippen molar-refractivity contribution in [3.05, 3.63) is 46.2 Å². The number of nitrogens with zero attached hydrogens (tertiary/aromatic N) is 2. The van der Waals surface area contributed by atoms with Crippen LogP contribution in [-0.4, -0.2) is 9.97 Å². The number of aromatic nitrogens is 2. The van der Waals surface area contributed by atoms with Gasteiger partial charge >= 0.3 is 0 Å². The Morgan fingerprint density at radius 2 is 1.59 bits per heavy atom. The molecule has 0 spiro atoms. The SMILES string of the molecule is CCCCCc1ccc(-c2ncc(C3CCC(CCCCC)CC3)cn2)cc1Br. The quantitative estimate of drug-likeness (QED) is 0.334. The summed E-state index contributed by atoms with van der Waals surface area (Å²) in [5.41, 5.74) is 3.81. The van der Waals surface area contributed by atoms with E-state index >= 15 is 0 Å². The number of benzene rings is 1. The maximum absolute atomic E-state index is 4.72. The molecule has 3 rings (SSSR count). The van der Waals surface area contributed by atoms with E-state index in [0.717, 1.165) is 23.7 Å². The third-order valence-electron chi connectivity index (χ3n) is 6.57. The second-order valence-electron chi connectivity index (χ2n) is 8.82. The van der Waals surface area contributed by atoms with Crippen molar-refractivity contribution in [3.8, 4) is 11.4 Å². The Morgan fingerprint density at radius 3 is 2.24 bits per heavy atom. The third kappa shape index (κ3) is 6.64. The van der Waals surface area contributed by atoms with E-state index in [4.69, 9.17) is 9.97 Å². The number of hydrogen-bond acceptors (Lipinski definition) is 2. The highest BCUT2D eigenvalue weighted by atomic mass is 79.9. The van der Waals surface area contributed by atoms with Crippen LogP contribution in [0.2, 0.25) is 0 Å². The van der Waals surface area contributed by atoms with E-state index in [0.29, 0.717) is 5.92 Å². The van der Waals surface area contributed by atoms with E-state index in [2.05, 4.69) is 60.4 Å². The smallest absolute Gasteiger partial charge is 0.159 e. The molecule has 3 heteroatoms. The largest absolute Gasteiger partial charge is 0.236 e. The van der Waals surface area contributed by atoms with Crippen molar-refractivity contribution in [2.75, 3.05) is 0 Å². The first kappa shape index (κ1) is 22.5. The number of rotatable bonds is 10. The van der Waals surface area contributed by atoms with Gasteiger partial charge in [0.15, 0.2) is 5.82 Å². The summed E-state index contributed by atoms with van der Waals surface area (Å²) in [5.74, 6) is 2.44. The zero-order valence-corrected chi connectivity index (χ0v) is 19.9. The fraction of sp³-hybridized carbons (Fsp3) is 0.615. The molecular weight excluding hydrogens is 420 g/mol. The van der Waals surface area contributed by atoms with Crippen molar-refractivity contribution in [3.63, 3.8) is 0 Å². The second-order valence-corrected chi connectivity index (χ2v) is 9.67. The highest BCUT2D eigenvalue weighted by Gasteiger charge is 2.22. The van der Waals surface area contributed by atoms with Crippen LogP contribution in [0.3, 0.4) is 0 Å². The van der Waals surface area contributed by atoms with Crippen molar-refractivity contribution in [1.29, 1.82) is 0 Å². The Labute approximate surface area is 186 Å². The van der Waals surface area contributed by atoms with Crippen LogP contribution in [-0.2, 0) is 6.42 Å². The van der Waals surface area contributed by atoms with Crippen LogP contribution in [0, 0.1) is 5.92 Å². The van der Waals surface area contributed by atoms with Gasteiger partial charge < -0.3 is 0 Å². The third-order valence-corrected chi connectivity index (χ3v) is 7.31. The van der Waals surface area contributed by atoms with Crippen LogP contribution in [0.15, 0.2) is 35.1 Å². The van der Waals surface area contributed by atoms with E-state index in [1.165, 1.54) is 86.2 Å². The minimum absolute atomic E-state index is 0.652. The minimum atomic E-state index is 0.652. The first-order valence-corrected chi connectivity index (χ1v) is 12.6. The zero-order valence-electron chi connectivity index (χ0n) is 18.3. The molecule has 1 aromatic heterocycles. The van der Waals surface area contributed by atoms with Crippen molar-refractivity contribution in [1.82, 2.24) is 9.97 Å². The lowest BCUT2D eigenvalue weighted by atomic mass is 9.77. The average molecular weight is 458 g/mol. The molecule has 2 aromatic rings. The molecule has 0 N–H and O–H groups in total. The lowest BCUT2D eigenvalue weighted by Gasteiger charge is -2.28. The summed E-state index contributed by atoms with van der Waals surface area (Å²) in [4.78, 5) is 9.44. The van der Waals surface area contributed by atoms with Crippen LogP contribution in [0.4, 0.5) is 0 Å². The molecule has 0 bridgehead atoms. The lowest BCUT2D eigenvalue weighted by molar-refractivity contribution is 0.302. The summed E-state index contributed by atoms with van der Waals surface area (Å²) < 4.78 is 1.18. The normalized spacial score (nSPS) is 19.4. The monoisotopic (exact) mass is 456 g/mol. The molecule has 1 aliphatic carbocycles. The summed E-state index contributed by atoms with van der Waals surface area (Å²) in [5, 5.41) is 0. The van der Waals surface area contributed by atoms with E-state index in [9.17, 15) is 0 Å². The van der Waals surface area contributed by atoms with Crippen LogP contribution < -0.4 is 0 Å². The molecule has 1 aromatic carbocycles. The maximum atomic E-state index is 4.72. The maximum Gasteiger partial charge on any atom is 0.159 e. The van der Waals surface area contributed by atoms with E-state index < -0.39 is 0 Å². The van der Waals surface area contributed by atoms with Gasteiger partial charge in [-0.3, -0.25) is 0 Å².